The number of fused-ring (bicyclic) bond motifs is 1. The lowest BCUT2D eigenvalue weighted by Crippen LogP contribution is -2.47. The molecule has 0 saturated carbocycles. The normalized spacial score (nSPS) is 18.7. The number of methoxy groups -OCH3 is 1. The van der Waals surface area contributed by atoms with Gasteiger partial charge < -0.3 is 24.7 Å². The summed E-state index contributed by atoms with van der Waals surface area (Å²) in [6.07, 6.45) is -3.78. The minimum absolute atomic E-state index is 0.0123. The molecular formula is C25H22F4N4O3. The van der Waals surface area contributed by atoms with Crippen molar-refractivity contribution in [3.05, 3.63) is 71.2 Å². The van der Waals surface area contributed by atoms with Gasteiger partial charge in [0, 0.05) is 43.2 Å². The van der Waals surface area contributed by atoms with Gasteiger partial charge in [0.15, 0.2) is 17.4 Å². The number of rotatable bonds is 5. The number of imidazole rings is 1. The summed E-state index contributed by atoms with van der Waals surface area (Å²) in [5, 5.41) is 10.3. The van der Waals surface area contributed by atoms with E-state index in [0.717, 1.165) is 12.1 Å². The number of hydrogen-bond acceptors (Lipinski definition) is 5. The Kier molecular flexibility index (Phi) is 6.05. The molecule has 2 aromatic heterocycles. The zero-order valence-corrected chi connectivity index (χ0v) is 19.1. The molecule has 188 valence electrons. The Balaban J connectivity index is 1.43. The maximum Gasteiger partial charge on any atom is 0.417 e. The number of nitrogens with zero attached hydrogens (tertiary/aromatic N) is 2. The molecule has 4 aromatic rings. The highest BCUT2D eigenvalue weighted by molar-refractivity contribution is 6.10. The number of nitrogens with one attached hydrogen (secondary N) is 2. The average Bonchev–Trinajstić information content (AvgIpc) is 3.51. The first-order valence-corrected chi connectivity index (χ1v) is 11.2. The van der Waals surface area contributed by atoms with Crippen molar-refractivity contribution in [1.82, 2.24) is 15.0 Å². The molecule has 5 rings (SSSR count). The Morgan fingerprint density at radius 1 is 1.22 bits per heavy atom. The number of hydrogen-bond donors (Lipinski definition) is 3. The van der Waals surface area contributed by atoms with Crippen molar-refractivity contribution < 1.29 is 32.2 Å². The molecule has 0 spiro atoms. The monoisotopic (exact) mass is 502 g/mol. The summed E-state index contributed by atoms with van der Waals surface area (Å²) in [5.74, 6) is -1.15. The minimum Gasteiger partial charge on any atom is -0.389 e. The Morgan fingerprint density at radius 3 is 2.72 bits per heavy atom. The highest BCUT2D eigenvalue weighted by atomic mass is 19.4. The minimum atomic E-state index is -4.67. The van der Waals surface area contributed by atoms with Crippen LogP contribution >= 0.6 is 0 Å². The van der Waals surface area contributed by atoms with Crippen molar-refractivity contribution >= 4 is 22.5 Å². The van der Waals surface area contributed by atoms with E-state index in [-0.39, 0.29) is 29.6 Å². The number of β-amino-alcohol motifs (C(OH)–C–C–N with tert-alkyl or cyclic N) is 1. The lowest BCUT2D eigenvalue weighted by atomic mass is 9.99. The van der Waals surface area contributed by atoms with E-state index in [4.69, 9.17) is 4.74 Å². The molecule has 11 heteroatoms. The van der Waals surface area contributed by atoms with Crippen molar-refractivity contribution in [3.63, 3.8) is 0 Å². The highest BCUT2D eigenvalue weighted by Gasteiger charge is 2.35. The number of ketones is 1. The van der Waals surface area contributed by atoms with Crippen molar-refractivity contribution in [1.29, 1.82) is 0 Å². The highest BCUT2D eigenvalue weighted by Crippen LogP contribution is 2.34. The van der Waals surface area contributed by atoms with Crippen molar-refractivity contribution in [2.24, 2.45) is 0 Å². The molecule has 3 N–H and O–H groups in total. The Morgan fingerprint density at radius 2 is 2.00 bits per heavy atom. The third kappa shape index (κ3) is 4.35. The Labute approximate surface area is 202 Å². The van der Waals surface area contributed by atoms with Crippen LogP contribution in [0.25, 0.3) is 22.6 Å². The number of halogens is 4. The number of aromatic amines is 2. The molecule has 2 atom stereocenters. The van der Waals surface area contributed by atoms with Crippen LogP contribution in [0.4, 0.5) is 23.2 Å². The van der Waals surface area contributed by atoms with E-state index in [2.05, 4.69) is 15.0 Å². The topological polar surface area (TPSA) is 94.2 Å². The number of aliphatic hydroxyl groups excluding tert-OH is 1. The van der Waals surface area contributed by atoms with Crippen molar-refractivity contribution in [2.75, 3.05) is 25.1 Å². The number of aromatic nitrogens is 3. The number of carbonyl (C=O) groups is 1. The molecule has 1 aliphatic rings. The number of carbonyl (C=O) groups excluding carboxylic acids is 1. The molecular weight excluding hydrogens is 480 g/mol. The fourth-order valence-electron chi connectivity index (χ4n) is 4.54. The second-order valence-electron chi connectivity index (χ2n) is 8.66. The molecule has 1 saturated heterocycles. The quantitative estimate of drug-likeness (QED) is 0.275. The fourth-order valence-corrected chi connectivity index (χ4v) is 4.54. The van der Waals surface area contributed by atoms with Gasteiger partial charge in [-0.1, -0.05) is 18.2 Å². The summed E-state index contributed by atoms with van der Waals surface area (Å²) < 4.78 is 60.2. The predicted molar refractivity (Wildman–Crippen MR) is 124 cm³/mol. The third-order valence-corrected chi connectivity index (χ3v) is 6.39. The molecule has 3 heterocycles. The molecule has 2 aromatic carbocycles. The van der Waals surface area contributed by atoms with Crippen LogP contribution in [0.2, 0.25) is 0 Å². The molecule has 0 bridgehead atoms. The maximum absolute atomic E-state index is 14.9. The van der Waals surface area contributed by atoms with E-state index >= 15 is 0 Å². The molecule has 1 aliphatic heterocycles. The smallest absolute Gasteiger partial charge is 0.389 e. The van der Waals surface area contributed by atoms with Gasteiger partial charge in [0.25, 0.3) is 0 Å². The van der Waals surface area contributed by atoms with Crippen LogP contribution in [0.1, 0.15) is 27.9 Å². The predicted octanol–water partition coefficient (Wildman–Crippen LogP) is 4.53. The summed E-state index contributed by atoms with van der Waals surface area (Å²) in [6, 6.07) is 9.00. The summed E-state index contributed by atoms with van der Waals surface area (Å²) >= 11 is 0. The van der Waals surface area contributed by atoms with Crippen LogP contribution in [0.15, 0.2) is 48.7 Å². The molecule has 0 unspecified atom stereocenters. The standard InChI is InChI=1S/C25H22F4N4O3/c1-36-21-6-7-33(12-20(21)34)14-9-17(26)22-18(10-14)31-24(32-22)19-8-13(11-30-19)23(35)15-4-2-3-5-16(15)25(27,28)29/h2-5,8-11,20-21,30,34H,6-7,12H2,1H3,(H,31,32)/t20-,21-/m1/s1. The van der Waals surface area contributed by atoms with Crippen LogP contribution < -0.4 is 4.90 Å². The van der Waals surface area contributed by atoms with Gasteiger partial charge in [0.1, 0.15) is 5.52 Å². The van der Waals surface area contributed by atoms with Gasteiger partial charge >= 0.3 is 6.18 Å². The number of alkyl halides is 3. The van der Waals surface area contributed by atoms with Crippen molar-refractivity contribution in [2.45, 2.75) is 24.8 Å². The first-order valence-electron chi connectivity index (χ1n) is 11.2. The lowest BCUT2D eigenvalue weighted by molar-refractivity contribution is -0.137. The molecule has 0 amide bonds. The maximum atomic E-state index is 14.9. The van der Waals surface area contributed by atoms with Gasteiger partial charge in [-0.15, -0.1) is 0 Å². The molecule has 0 aliphatic carbocycles. The van der Waals surface area contributed by atoms with E-state index < -0.39 is 35.0 Å². The zero-order valence-electron chi connectivity index (χ0n) is 19.1. The van der Waals surface area contributed by atoms with E-state index in [1.54, 1.807) is 6.07 Å². The van der Waals surface area contributed by atoms with E-state index in [0.29, 0.717) is 29.9 Å². The van der Waals surface area contributed by atoms with Gasteiger partial charge in [-0.3, -0.25) is 4.79 Å². The number of ether oxygens (including phenoxy) is 1. The third-order valence-electron chi connectivity index (χ3n) is 6.39. The molecule has 7 nitrogen and oxygen atoms in total. The summed E-state index contributed by atoms with van der Waals surface area (Å²) in [6.45, 7) is 0.856. The van der Waals surface area contributed by atoms with E-state index in [1.165, 1.54) is 37.6 Å². The second kappa shape index (κ2) is 9.07. The molecule has 0 radical (unpaired) electrons. The van der Waals surface area contributed by atoms with Crippen LogP contribution in [0.5, 0.6) is 0 Å². The van der Waals surface area contributed by atoms with Gasteiger partial charge in [-0.25, -0.2) is 9.37 Å². The van der Waals surface area contributed by atoms with Gasteiger partial charge in [0.2, 0.25) is 0 Å². The van der Waals surface area contributed by atoms with Crippen LogP contribution in [0.3, 0.4) is 0 Å². The van der Waals surface area contributed by atoms with Crippen LogP contribution in [-0.2, 0) is 10.9 Å². The van der Waals surface area contributed by atoms with Gasteiger partial charge in [0.05, 0.1) is 29.0 Å². The van der Waals surface area contributed by atoms with Gasteiger partial charge in [-0.2, -0.15) is 13.2 Å². The van der Waals surface area contributed by atoms with Crippen LogP contribution in [0, 0.1) is 5.82 Å². The SMILES string of the molecule is CO[C@@H]1CCN(c2cc(F)c3nc(-c4cc(C(=O)c5ccccc5C(F)(F)F)c[nH]4)[nH]c3c2)C[C@H]1O. The fraction of sp³-hybridized carbons (Fsp3) is 0.280. The molecule has 36 heavy (non-hydrogen) atoms. The van der Waals surface area contributed by atoms with Crippen LogP contribution in [-0.4, -0.2) is 58.2 Å². The largest absolute Gasteiger partial charge is 0.417 e. The number of anilines is 1. The number of aliphatic hydroxyl groups is 1. The zero-order chi connectivity index (χ0) is 25.6. The molecule has 1 fully saturated rings. The lowest BCUT2D eigenvalue weighted by Gasteiger charge is -2.36. The number of H-pyrrole nitrogens is 2. The van der Waals surface area contributed by atoms with E-state index in [9.17, 15) is 27.5 Å². The first kappa shape index (κ1) is 24.0. The summed E-state index contributed by atoms with van der Waals surface area (Å²) in [5.41, 5.74) is -0.116. The van der Waals surface area contributed by atoms with Gasteiger partial charge in [-0.05, 0) is 30.7 Å². The second-order valence-corrected chi connectivity index (χ2v) is 8.66. The Bertz CT molecular complexity index is 1430. The Hall–Kier alpha value is -3.70. The number of piperidine rings is 1. The first-order chi connectivity index (χ1) is 17.2. The van der Waals surface area contributed by atoms with E-state index in [1.807, 2.05) is 4.90 Å². The number of benzene rings is 2. The van der Waals surface area contributed by atoms with Crippen molar-refractivity contribution in [3.8, 4) is 11.5 Å². The summed E-state index contributed by atoms with van der Waals surface area (Å²) in [4.78, 5) is 24.8. The summed E-state index contributed by atoms with van der Waals surface area (Å²) in [7, 11) is 1.54. The average molecular weight is 502 g/mol.